The summed E-state index contributed by atoms with van der Waals surface area (Å²) in [6.45, 7) is 5.81. The SMILES string of the molecule is CCNC(C)(C#N)CCCCN(C)c1cccc(OC)c1. The van der Waals surface area contributed by atoms with E-state index in [0.717, 1.165) is 43.8 Å². The van der Waals surface area contributed by atoms with E-state index in [1.807, 2.05) is 32.0 Å². The molecular formula is C17H27N3O. The van der Waals surface area contributed by atoms with Gasteiger partial charge in [-0.2, -0.15) is 5.26 Å². The number of hydrogen-bond acceptors (Lipinski definition) is 4. The number of hydrogen-bond donors (Lipinski definition) is 1. The van der Waals surface area contributed by atoms with Crippen molar-refractivity contribution in [1.29, 1.82) is 5.26 Å². The van der Waals surface area contributed by atoms with E-state index >= 15 is 0 Å². The Kier molecular flexibility index (Phi) is 7.04. The number of unbranched alkanes of at least 4 members (excludes halogenated alkanes) is 1. The van der Waals surface area contributed by atoms with Crippen LogP contribution in [-0.4, -0.2) is 32.8 Å². The molecule has 0 aliphatic heterocycles. The van der Waals surface area contributed by atoms with Crippen molar-refractivity contribution < 1.29 is 4.74 Å². The molecule has 1 aromatic rings. The van der Waals surface area contributed by atoms with E-state index in [4.69, 9.17) is 4.74 Å². The van der Waals surface area contributed by atoms with Crippen LogP contribution >= 0.6 is 0 Å². The Hall–Kier alpha value is -1.73. The molecule has 21 heavy (non-hydrogen) atoms. The molecule has 1 unspecified atom stereocenters. The lowest BCUT2D eigenvalue weighted by atomic mass is 9.96. The van der Waals surface area contributed by atoms with E-state index in [-0.39, 0.29) is 0 Å². The van der Waals surface area contributed by atoms with E-state index in [1.165, 1.54) is 0 Å². The van der Waals surface area contributed by atoms with Crippen molar-refractivity contribution in [2.75, 3.05) is 32.1 Å². The second kappa shape index (κ2) is 8.53. The summed E-state index contributed by atoms with van der Waals surface area (Å²) in [5.74, 6) is 0.878. The molecular weight excluding hydrogens is 262 g/mol. The lowest BCUT2D eigenvalue weighted by Gasteiger charge is -2.24. The fraction of sp³-hybridized carbons (Fsp3) is 0.588. The molecule has 0 bridgehead atoms. The second-order valence-corrected chi connectivity index (χ2v) is 5.55. The van der Waals surface area contributed by atoms with Crippen molar-refractivity contribution in [2.24, 2.45) is 0 Å². The van der Waals surface area contributed by atoms with E-state index < -0.39 is 5.54 Å². The third kappa shape index (κ3) is 5.65. The minimum absolute atomic E-state index is 0.400. The zero-order chi connectivity index (χ0) is 15.7. The standard InChI is InChI=1S/C17H27N3O/c1-5-19-17(2,14-18)11-6-7-12-20(3)15-9-8-10-16(13-15)21-4/h8-10,13,19H,5-7,11-12H2,1-4H3. The normalized spacial score (nSPS) is 13.3. The first-order valence-electron chi connectivity index (χ1n) is 7.56. The second-order valence-electron chi connectivity index (χ2n) is 5.55. The smallest absolute Gasteiger partial charge is 0.120 e. The number of anilines is 1. The van der Waals surface area contributed by atoms with Gasteiger partial charge in [-0.15, -0.1) is 0 Å². The van der Waals surface area contributed by atoms with Gasteiger partial charge in [-0.25, -0.2) is 0 Å². The topological polar surface area (TPSA) is 48.3 Å². The fourth-order valence-electron chi connectivity index (χ4n) is 2.38. The Morgan fingerprint density at radius 2 is 2.14 bits per heavy atom. The van der Waals surface area contributed by atoms with E-state index in [0.29, 0.717) is 0 Å². The number of benzene rings is 1. The number of nitrogens with zero attached hydrogens (tertiary/aromatic N) is 2. The maximum absolute atomic E-state index is 9.22. The Balaban J connectivity index is 2.40. The summed E-state index contributed by atoms with van der Waals surface area (Å²) >= 11 is 0. The predicted molar refractivity (Wildman–Crippen MR) is 87.8 cm³/mol. The van der Waals surface area contributed by atoms with Gasteiger partial charge in [-0.05, 0) is 44.9 Å². The van der Waals surface area contributed by atoms with Crippen LogP contribution in [0.15, 0.2) is 24.3 Å². The molecule has 1 atom stereocenters. The first kappa shape index (κ1) is 17.3. The van der Waals surface area contributed by atoms with Gasteiger partial charge in [0.25, 0.3) is 0 Å². The van der Waals surface area contributed by atoms with Crippen LogP contribution in [0.4, 0.5) is 5.69 Å². The molecule has 0 aromatic heterocycles. The highest BCUT2D eigenvalue weighted by Gasteiger charge is 2.21. The van der Waals surface area contributed by atoms with Crippen molar-refractivity contribution in [3.63, 3.8) is 0 Å². The van der Waals surface area contributed by atoms with Crippen LogP contribution in [0.1, 0.15) is 33.1 Å². The summed E-state index contributed by atoms with van der Waals surface area (Å²) in [6, 6.07) is 10.4. The van der Waals surface area contributed by atoms with Crippen molar-refractivity contribution in [1.82, 2.24) is 5.32 Å². The highest BCUT2D eigenvalue weighted by atomic mass is 16.5. The molecule has 0 saturated heterocycles. The quantitative estimate of drug-likeness (QED) is 0.709. The summed E-state index contributed by atoms with van der Waals surface area (Å²) in [7, 11) is 3.77. The maximum atomic E-state index is 9.22. The van der Waals surface area contributed by atoms with Gasteiger partial charge in [-0.3, -0.25) is 5.32 Å². The van der Waals surface area contributed by atoms with Crippen molar-refractivity contribution in [2.45, 2.75) is 38.6 Å². The number of nitriles is 1. The number of methoxy groups -OCH3 is 1. The third-order valence-electron chi connectivity index (χ3n) is 3.73. The summed E-state index contributed by atoms with van der Waals surface area (Å²) < 4.78 is 5.25. The van der Waals surface area contributed by atoms with Gasteiger partial charge in [0.1, 0.15) is 11.3 Å². The molecule has 1 rings (SSSR count). The molecule has 0 aliphatic carbocycles. The van der Waals surface area contributed by atoms with Crippen LogP contribution in [0.25, 0.3) is 0 Å². The summed E-state index contributed by atoms with van der Waals surface area (Å²) in [4.78, 5) is 2.22. The van der Waals surface area contributed by atoms with Gasteiger partial charge in [0.05, 0.1) is 13.2 Å². The number of rotatable bonds is 9. The molecule has 4 nitrogen and oxygen atoms in total. The highest BCUT2D eigenvalue weighted by molar-refractivity contribution is 5.49. The lowest BCUT2D eigenvalue weighted by Crippen LogP contribution is -2.40. The van der Waals surface area contributed by atoms with Crippen LogP contribution in [-0.2, 0) is 0 Å². The average Bonchev–Trinajstić information content (AvgIpc) is 2.51. The van der Waals surface area contributed by atoms with E-state index in [1.54, 1.807) is 7.11 Å². The fourth-order valence-corrected chi connectivity index (χ4v) is 2.38. The largest absolute Gasteiger partial charge is 0.497 e. The van der Waals surface area contributed by atoms with Gasteiger partial charge >= 0.3 is 0 Å². The van der Waals surface area contributed by atoms with Crippen LogP contribution in [0.3, 0.4) is 0 Å². The van der Waals surface area contributed by atoms with Gasteiger partial charge in [0.15, 0.2) is 0 Å². The van der Waals surface area contributed by atoms with Gasteiger partial charge < -0.3 is 9.64 Å². The first-order chi connectivity index (χ1) is 10.0. The van der Waals surface area contributed by atoms with Crippen LogP contribution < -0.4 is 15.0 Å². The zero-order valence-electron chi connectivity index (χ0n) is 13.6. The lowest BCUT2D eigenvalue weighted by molar-refractivity contribution is 0.411. The molecule has 1 aromatic carbocycles. The molecule has 0 fully saturated rings. The van der Waals surface area contributed by atoms with Crippen LogP contribution in [0.2, 0.25) is 0 Å². The molecule has 0 radical (unpaired) electrons. The van der Waals surface area contributed by atoms with E-state index in [2.05, 4.69) is 29.4 Å². The minimum Gasteiger partial charge on any atom is -0.497 e. The Morgan fingerprint density at radius 3 is 2.76 bits per heavy atom. The van der Waals surface area contributed by atoms with Crippen molar-refractivity contribution >= 4 is 5.69 Å². The van der Waals surface area contributed by atoms with Crippen LogP contribution in [0, 0.1) is 11.3 Å². The summed E-state index contributed by atoms with van der Waals surface area (Å²) in [5.41, 5.74) is 0.757. The minimum atomic E-state index is -0.400. The summed E-state index contributed by atoms with van der Waals surface area (Å²) in [6.07, 6.45) is 2.98. The number of ether oxygens (including phenoxy) is 1. The molecule has 1 N–H and O–H groups in total. The Bertz CT molecular complexity index is 469. The average molecular weight is 289 g/mol. The van der Waals surface area contributed by atoms with E-state index in [9.17, 15) is 5.26 Å². The molecule has 0 amide bonds. The molecule has 116 valence electrons. The van der Waals surface area contributed by atoms with Crippen molar-refractivity contribution in [3.8, 4) is 11.8 Å². The molecule has 0 spiro atoms. The highest BCUT2D eigenvalue weighted by Crippen LogP contribution is 2.20. The Morgan fingerprint density at radius 1 is 1.38 bits per heavy atom. The molecule has 0 aliphatic rings. The summed E-state index contributed by atoms with van der Waals surface area (Å²) in [5, 5.41) is 12.5. The molecule has 0 heterocycles. The third-order valence-corrected chi connectivity index (χ3v) is 3.73. The number of nitrogens with one attached hydrogen (secondary N) is 1. The molecule has 4 heteroatoms. The zero-order valence-corrected chi connectivity index (χ0v) is 13.6. The van der Waals surface area contributed by atoms with Gasteiger partial charge in [0, 0.05) is 25.3 Å². The van der Waals surface area contributed by atoms with Gasteiger partial charge in [0.2, 0.25) is 0 Å². The van der Waals surface area contributed by atoms with Gasteiger partial charge in [-0.1, -0.05) is 13.0 Å². The molecule has 0 saturated carbocycles. The first-order valence-corrected chi connectivity index (χ1v) is 7.56. The predicted octanol–water partition coefficient (Wildman–Crippen LogP) is 3.19. The van der Waals surface area contributed by atoms with Crippen molar-refractivity contribution in [3.05, 3.63) is 24.3 Å². The monoisotopic (exact) mass is 289 g/mol. The van der Waals surface area contributed by atoms with Crippen LogP contribution in [0.5, 0.6) is 5.75 Å². The maximum Gasteiger partial charge on any atom is 0.120 e. The Labute approximate surface area is 128 Å².